The summed E-state index contributed by atoms with van der Waals surface area (Å²) in [6.45, 7) is 7.75. The Morgan fingerprint density at radius 1 is 1.71 bits per heavy atom. The third-order valence-corrected chi connectivity index (χ3v) is 3.67. The van der Waals surface area contributed by atoms with Gasteiger partial charge in [0.2, 0.25) is 0 Å². The second-order valence-corrected chi connectivity index (χ2v) is 4.60. The molecule has 0 aromatic rings. The average Bonchev–Trinajstić information content (AvgIpc) is 2.63. The van der Waals surface area contributed by atoms with Gasteiger partial charge in [0.15, 0.2) is 5.78 Å². The number of thioether (sulfide) groups is 1. The summed E-state index contributed by atoms with van der Waals surface area (Å²) < 4.78 is 0. The van der Waals surface area contributed by atoms with Crippen molar-refractivity contribution in [1.29, 1.82) is 0 Å². The number of hydrogen-bond acceptors (Lipinski definition) is 4. The molecule has 0 saturated carbocycles. The molecular formula is C10H18N2OS. The number of nitrogens with zero attached hydrogens (tertiary/aromatic N) is 1. The van der Waals surface area contributed by atoms with Crippen LogP contribution in [0.1, 0.15) is 13.8 Å². The predicted octanol–water partition coefficient (Wildman–Crippen LogP) is 1.07. The first kappa shape index (κ1) is 11.6. The van der Waals surface area contributed by atoms with E-state index in [1.165, 1.54) is 0 Å². The van der Waals surface area contributed by atoms with E-state index < -0.39 is 0 Å². The normalized spacial score (nSPS) is 23.6. The van der Waals surface area contributed by atoms with Crippen molar-refractivity contribution in [3.05, 3.63) is 12.3 Å². The van der Waals surface area contributed by atoms with Crippen molar-refractivity contribution < 1.29 is 4.79 Å². The highest BCUT2D eigenvalue weighted by atomic mass is 32.2. The first-order valence-electron chi connectivity index (χ1n) is 4.78. The fourth-order valence-corrected chi connectivity index (χ4v) is 2.76. The van der Waals surface area contributed by atoms with Gasteiger partial charge >= 0.3 is 0 Å². The molecule has 1 heterocycles. The Hall–Kier alpha value is -0.480. The highest BCUT2D eigenvalue weighted by Gasteiger charge is 2.30. The molecule has 80 valence electrons. The molecule has 0 aromatic carbocycles. The number of carbonyl (C=O) groups is 1. The molecule has 4 heteroatoms. The van der Waals surface area contributed by atoms with E-state index in [4.69, 9.17) is 0 Å². The van der Waals surface area contributed by atoms with E-state index in [1.54, 1.807) is 18.7 Å². The molecule has 0 aromatic heterocycles. The Balaban J connectivity index is 2.67. The van der Waals surface area contributed by atoms with Crippen LogP contribution in [-0.4, -0.2) is 41.4 Å². The minimum absolute atomic E-state index is 0.0308. The van der Waals surface area contributed by atoms with Crippen molar-refractivity contribution in [2.45, 2.75) is 25.9 Å². The van der Waals surface area contributed by atoms with Crippen molar-refractivity contribution >= 4 is 17.5 Å². The number of carbonyl (C=O) groups excluding carboxylic acids is 1. The van der Waals surface area contributed by atoms with Gasteiger partial charge in [-0.05, 0) is 20.9 Å². The number of likely N-dealkylation sites (N-methyl/N-ethyl adjacent to an activating group) is 1. The Labute approximate surface area is 89.9 Å². The van der Waals surface area contributed by atoms with Crippen molar-refractivity contribution in [3.63, 3.8) is 0 Å². The average molecular weight is 214 g/mol. The van der Waals surface area contributed by atoms with E-state index in [9.17, 15) is 4.79 Å². The lowest BCUT2D eigenvalue weighted by Crippen LogP contribution is -2.41. The monoisotopic (exact) mass is 214 g/mol. The van der Waals surface area contributed by atoms with Gasteiger partial charge in [0.05, 0.1) is 11.9 Å². The minimum Gasteiger partial charge on any atom is -0.354 e. The molecule has 1 rings (SSSR count). The predicted molar refractivity (Wildman–Crippen MR) is 61.3 cm³/mol. The van der Waals surface area contributed by atoms with E-state index in [0.29, 0.717) is 0 Å². The van der Waals surface area contributed by atoms with E-state index >= 15 is 0 Å². The molecule has 2 atom stereocenters. The van der Waals surface area contributed by atoms with Gasteiger partial charge in [0.1, 0.15) is 0 Å². The van der Waals surface area contributed by atoms with Gasteiger partial charge in [-0.2, -0.15) is 0 Å². The Morgan fingerprint density at radius 2 is 2.36 bits per heavy atom. The summed E-state index contributed by atoms with van der Waals surface area (Å²) in [5, 5.41) is 3.14. The van der Waals surface area contributed by atoms with Crippen LogP contribution in [0.25, 0.3) is 0 Å². The minimum atomic E-state index is 0.0308. The zero-order chi connectivity index (χ0) is 10.7. The van der Waals surface area contributed by atoms with Crippen LogP contribution in [0.2, 0.25) is 0 Å². The third-order valence-electron chi connectivity index (χ3n) is 2.65. The molecule has 3 nitrogen and oxygen atoms in total. The molecule has 0 radical (unpaired) electrons. The molecule has 0 spiro atoms. The van der Waals surface area contributed by atoms with E-state index in [0.717, 1.165) is 17.3 Å². The largest absolute Gasteiger partial charge is 0.354 e. The van der Waals surface area contributed by atoms with Crippen LogP contribution in [0.5, 0.6) is 0 Å². The van der Waals surface area contributed by atoms with Crippen molar-refractivity contribution in [2.24, 2.45) is 0 Å². The maximum atomic E-state index is 11.4. The third kappa shape index (κ3) is 2.30. The zero-order valence-corrected chi connectivity index (χ0v) is 9.86. The SMILES string of the molecule is C=C(C(C)NC)N1CSCC1C(C)=O. The van der Waals surface area contributed by atoms with E-state index in [2.05, 4.69) is 23.7 Å². The summed E-state index contributed by atoms with van der Waals surface area (Å²) in [5.41, 5.74) is 1.01. The van der Waals surface area contributed by atoms with Gasteiger partial charge in [-0.15, -0.1) is 11.8 Å². The fraction of sp³-hybridized carbons (Fsp3) is 0.700. The molecule has 2 unspecified atom stereocenters. The standard InChI is InChI=1S/C10H18N2OS/c1-7(11-4)8(2)12-6-14-5-10(12)9(3)13/h7,10-11H,2,5-6H2,1,3-4H3. The van der Waals surface area contributed by atoms with Gasteiger partial charge in [-0.3, -0.25) is 4.79 Å². The first-order valence-corrected chi connectivity index (χ1v) is 5.94. The summed E-state index contributed by atoms with van der Waals surface area (Å²) in [5.74, 6) is 2.01. The van der Waals surface area contributed by atoms with Crippen molar-refractivity contribution in [3.8, 4) is 0 Å². The van der Waals surface area contributed by atoms with Gasteiger partial charge in [-0.25, -0.2) is 0 Å². The lowest BCUT2D eigenvalue weighted by Gasteiger charge is -2.29. The smallest absolute Gasteiger partial charge is 0.153 e. The summed E-state index contributed by atoms with van der Waals surface area (Å²) in [6, 6.07) is 0.263. The van der Waals surface area contributed by atoms with Gasteiger partial charge in [0, 0.05) is 17.5 Å². The second-order valence-electron chi connectivity index (χ2n) is 3.60. The first-order chi connectivity index (χ1) is 6.57. The lowest BCUT2D eigenvalue weighted by molar-refractivity contribution is -0.120. The maximum Gasteiger partial charge on any atom is 0.153 e. The molecule has 1 saturated heterocycles. The van der Waals surface area contributed by atoms with Gasteiger partial charge in [0.25, 0.3) is 0 Å². The second kappa shape index (κ2) is 4.84. The molecule has 1 N–H and O–H groups in total. The van der Waals surface area contributed by atoms with Crippen LogP contribution >= 0.6 is 11.8 Å². The summed E-state index contributed by atoms with van der Waals surface area (Å²) in [4.78, 5) is 13.5. The van der Waals surface area contributed by atoms with Crippen LogP contribution in [-0.2, 0) is 4.79 Å². The van der Waals surface area contributed by atoms with E-state index in [-0.39, 0.29) is 17.9 Å². The highest BCUT2D eigenvalue weighted by Crippen LogP contribution is 2.26. The van der Waals surface area contributed by atoms with Crippen LogP contribution in [0, 0.1) is 0 Å². The van der Waals surface area contributed by atoms with Crippen LogP contribution in [0.4, 0.5) is 0 Å². The molecule has 0 aliphatic carbocycles. The zero-order valence-electron chi connectivity index (χ0n) is 9.04. The van der Waals surface area contributed by atoms with Crippen LogP contribution in [0.15, 0.2) is 12.3 Å². The maximum absolute atomic E-state index is 11.4. The molecular weight excluding hydrogens is 196 g/mol. The molecule has 0 bridgehead atoms. The number of Topliss-reactive ketones (excluding diaryl/α,β-unsaturated/α-hetero) is 1. The Morgan fingerprint density at radius 3 is 2.86 bits per heavy atom. The van der Waals surface area contributed by atoms with Crippen LogP contribution in [0.3, 0.4) is 0 Å². The van der Waals surface area contributed by atoms with Crippen molar-refractivity contribution in [1.82, 2.24) is 10.2 Å². The summed E-state index contributed by atoms with van der Waals surface area (Å²) in [6.07, 6.45) is 0. The summed E-state index contributed by atoms with van der Waals surface area (Å²) >= 11 is 1.79. The topological polar surface area (TPSA) is 32.3 Å². The molecule has 1 aliphatic rings. The Kier molecular flexibility index (Phi) is 4.01. The van der Waals surface area contributed by atoms with Crippen molar-refractivity contribution in [2.75, 3.05) is 18.7 Å². The van der Waals surface area contributed by atoms with Crippen LogP contribution < -0.4 is 5.32 Å². The fourth-order valence-electron chi connectivity index (χ4n) is 1.48. The Bertz CT molecular complexity index is 242. The summed E-state index contributed by atoms with van der Waals surface area (Å²) in [7, 11) is 1.90. The van der Waals surface area contributed by atoms with Gasteiger partial charge < -0.3 is 10.2 Å². The highest BCUT2D eigenvalue weighted by molar-refractivity contribution is 7.99. The number of rotatable bonds is 4. The molecule has 1 fully saturated rings. The molecule has 0 amide bonds. The number of nitrogens with one attached hydrogen (secondary N) is 1. The number of ketones is 1. The molecule has 14 heavy (non-hydrogen) atoms. The quantitative estimate of drug-likeness (QED) is 0.759. The van der Waals surface area contributed by atoms with E-state index in [1.807, 2.05) is 7.05 Å². The lowest BCUT2D eigenvalue weighted by atomic mass is 10.1. The molecule has 1 aliphatic heterocycles. The van der Waals surface area contributed by atoms with Gasteiger partial charge in [-0.1, -0.05) is 6.58 Å². The number of hydrogen-bond donors (Lipinski definition) is 1.